The summed E-state index contributed by atoms with van der Waals surface area (Å²) in [4.78, 5) is 13.8. The van der Waals surface area contributed by atoms with Gasteiger partial charge in [-0.05, 0) is 12.1 Å². The number of phenolic OH excluding ortho intramolecular Hbond substituents is 1. The molecule has 0 saturated heterocycles. The average molecular weight is 221 g/mol. The minimum Gasteiger partial charge on any atom is -0.502 e. The second-order valence-electron chi connectivity index (χ2n) is 2.67. The molecule has 0 amide bonds. The molecule has 6 nitrogen and oxygen atoms in total. The lowest BCUT2D eigenvalue weighted by atomic mass is 10.3. The maximum atomic E-state index is 10.7. The molecule has 1 N–H and O–H groups in total. The Morgan fingerprint density at radius 2 is 2.33 bits per heavy atom. The molecule has 0 atom stereocenters. The number of thiazole rings is 1. The molecule has 0 aliphatic rings. The van der Waals surface area contributed by atoms with Crippen LogP contribution in [0.4, 0.5) is 5.69 Å². The maximum Gasteiger partial charge on any atom is 0.330 e. The first kappa shape index (κ1) is 9.36. The van der Waals surface area contributed by atoms with Crippen LogP contribution in [0, 0.1) is 21.4 Å². The number of aromatic hydroxyl groups is 1. The molecule has 1 heterocycles. The SMILES string of the molecule is N#Cc1nc2ccc(O)c([N+](=O)[O-])c2s1. The van der Waals surface area contributed by atoms with Crippen LogP contribution < -0.4 is 0 Å². The molecular formula is C8H3N3O3S. The van der Waals surface area contributed by atoms with Crippen molar-refractivity contribution < 1.29 is 10.0 Å². The van der Waals surface area contributed by atoms with E-state index in [0.717, 1.165) is 11.3 Å². The lowest BCUT2D eigenvalue weighted by Gasteiger charge is -1.94. The summed E-state index contributed by atoms with van der Waals surface area (Å²) in [5.41, 5.74) is -0.0486. The topological polar surface area (TPSA) is 100 Å². The molecule has 7 heteroatoms. The summed E-state index contributed by atoms with van der Waals surface area (Å²) >= 11 is 0.892. The van der Waals surface area contributed by atoms with Gasteiger partial charge in [0.2, 0.25) is 0 Å². The molecule has 74 valence electrons. The van der Waals surface area contributed by atoms with Crippen molar-refractivity contribution >= 4 is 27.2 Å². The van der Waals surface area contributed by atoms with E-state index in [1.807, 2.05) is 0 Å². The van der Waals surface area contributed by atoms with Crippen LogP contribution in [-0.2, 0) is 0 Å². The van der Waals surface area contributed by atoms with E-state index in [1.54, 1.807) is 6.07 Å². The van der Waals surface area contributed by atoms with Gasteiger partial charge >= 0.3 is 5.69 Å². The van der Waals surface area contributed by atoms with Crippen LogP contribution in [0.15, 0.2) is 12.1 Å². The number of hydrogen-bond acceptors (Lipinski definition) is 6. The summed E-state index contributed by atoms with van der Waals surface area (Å²) in [7, 11) is 0. The Bertz CT molecular complexity index is 599. The Kier molecular flexibility index (Phi) is 1.98. The third kappa shape index (κ3) is 1.37. The first-order valence-corrected chi connectivity index (χ1v) is 4.62. The summed E-state index contributed by atoms with van der Waals surface area (Å²) in [6.07, 6.45) is 0. The highest BCUT2D eigenvalue weighted by molar-refractivity contribution is 7.19. The first-order valence-electron chi connectivity index (χ1n) is 3.80. The normalized spacial score (nSPS) is 10.1. The molecule has 1 aromatic carbocycles. The van der Waals surface area contributed by atoms with Gasteiger partial charge in [0.1, 0.15) is 10.8 Å². The second kappa shape index (κ2) is 3.18. The molecule has 2 rings (SSSR count). The van der Waals surface area contributed by atoms with E-state index in [-0.39, 0.29) is 9.71 Å². The van der Waals surface area contributed by atoms with Crippen molar-refractivity contribution in [3.8, 4) is 11.8 Å². The maximum absolute atomic E-state index is 10.7. The van der Waals surface area contributed by atoms with Crippen LogP contribution in [0.25, 0.3) is 10.2 Å². The van der Waals surface area contributed by atoms with Crippen LogP contribution in [0.5, 0.6) is 5.75 Å². The van der Waals surface area contributed by atoms with E-state index in [2.05, 4.69) is 4.98 Å². The van der Waals surface area contributed by atoms with Gasteiger partial charge in [-0.2, -0.15) is 5.26 Å². The Hall–Kier alpha value is -2.20. The molecule has 0 spiro atoms. The summed E-state index contributed by atoms with van der Waals surface area (Å²) in [6.45, 7) is 0. The zero-order valence-corrected chi connectivity index (χ0v) is 7.98. The van der Waals surface area contributed by atoms with Crippen LogP contribution in [0.2, 0.25) is 0 Å². The van der Waals surface area contributed by atoms with Gasteiger partial charge in [-0.3, -0.25) is 10.1 Å². The van der Waals surface area contributed by atoms with Crippen LogP contribution in [-0.4, -0.2) is 15.0 Å². The molecule has 0 aliphatic carbocycles. The molecule has 0 bridgehead atoms. The minimum absolute atomic E-state index is 0.138. The fourth-order valence-corrected chi connectivity index (χ4v) is 2.07. The van der Waals surface area contributed by atoms with Gasteiger partial charge in [0.05, 0.1) is 10.4 Å². The highest BCUT2D eigenvalue weighted by Crippen LogP contribution is 2.37. The third-order valence-corrected chi connectivity index (χ3v) is 2.77. The number of hydrogen-bond donors (Lipinski definition) is 1. The van der Waals surface area contributed by atoms with Gasteiger partial charge < -0.3 is 5.11 Å². The minimum atomic E-state index is -0.684. The predicted octanol–water partition coefficient (Wildman–Crippen LogP) is 1.78. The van der Waals surface area contributed by atoms with Crippen molar-refractivity contribution in [2.45, 2.75) is 0 Å². The predicted molar refractivity (Wildman–Crippen MR) is 52.7 cm³/mol. The van der Waals surface area contributed by atoms with Crippen molar-refractivity contribution in [3.63, 3.8) is 0 Å². The number of rotatable bonds is 1. The standard InChI is InChI=1S/C8H3N3O3S/c9-3-6-10-4-1-2-5(12)7(11(13)14)8(4)15-6/h1-2,12H. The fourth-order valence-electron chi connectivity index (χ4n) is 1.19. The highest BCUT2D eigenvalue weighted by atomic mass is 32.1. The van der Waals surface area contributed by atoms with E-state index < -0.39 is 16.4 Å². The molecule has 0 aliphatic heterocycles. The number of aromatic nitrogens is 1. The van der Waals surface area contributed by atoms with E-state index in [9.17, 15) is 15.2 Å². The Labute approximate surface area is 87.2 Å². The van der Waals surface area contributed by atoms with Gasteiger partial charge in [-0.15, -0.1) is 0 Å². The van der Waals surface area contributed by atoms with Gasteiger partial charge in [0, 0.05) is 0 Å². The molecule has 0 radical (unpaired) electrons. The van der Waals surface area contributed by atoms with Gasteiger partial charge in [0.25, 0.3) is 0 Å². The molecule has 1 aromatic heterocycles. The number of nitro benzene ring substituents is 1. The van der Waals surface area contributed by atoms with Crippen LogP contribution in [0.3, 0.4) is 0 Å². The highest BCUT2D eigenvalue weighted by Gasteiger charge is 2.21. The molecular weight excluding hydrogens is 218 g/mol. The van der Waals surface area contributed by atoms with E-state index in [0.29, 0.717) is 5.52 Å². The lowest BCUT2D eigenvalue weighted by Crippen LogP contribution is -1.88. The lowest BCUT2D eigenvalue weighted by molar-refractivity contribution is -0.383. The van der Waals surface area contributed by atoms with Gasteiger partial charge in [0.15, 0.2) is 10.8 Å². The quantitative estimate of drug-likeness (QED) is 0.584. The number of nitrogens with zero attached hydrogens (tertiary/aromatic N) is 3. The molecule has 2 aromatic rings. The molecule has 0 fully saturated rings. The van der Waals surface area contributed by atoms with Crippen LogP contribution in [0.1, 0.15) is 5.01 Å². The fraction of sp³-hybridized carbons (Fsp3) is 0. The Balaban J connectivity index is 2.87. The van der Waals surface area contributed by atoms with E-state index in [4.69, 9.17) is 5.26 Å². The number of nitriles is 1. The zero-order chi connectivity index (χ0) is 11.0. The number of phenols is 1. The zero-order valence-electron chi connectivity index (χ0n) is 7.17. The van der Waals surface area contributed by atoms with Crippen LogP contribution >= 0.6 is 11.3 Å². The van der Waals surface area contributed by atoms with Crippen molar-refractivity contribution in [2.24, 2.45) is 0 Å². The van der Waals surface area contributed by atoms with Crippen molar-refractivity contribution in [1.82, 2.24) is 4.98 Å². The first-order chi connectivity index (χ1) is 7.13. The second-order valence-corrected chi connectivity index (χ2v) is 3.67. The number of nitro groups is 1. The Morgan fingerprint density at radius 3 is 2.93 bits per heavy atom. The monoisotopic (exact) mass is 221 g/mol. The molecule has 0 saturated carbocycles. The van der Waals surface area contributed by atoms with E-state index in [1.165, 1.54) is 12.1 Å². The molecule has 15 heavy (non-hydrogen) atoms. The van der Waals surface area contributed by atoms with Crippen molar-refractivity contribution in [3.05, 3.63) is 27.3 Å². The van der Waals surface area contributed by atoms with E-state index >= 15 is 0 Å². The van der Waals surface area contributed by atoms with Gasteiger partial charge in [-0.25, -0.2) is 4.98 Å². The Morgan fingerprint density at radius 1 is 1.60 bits per heavy atom. The number of benzene rings is 1. The smallest absolute Gasteiger partial charge is 0.330 e. The average Bonchev–Trinajstić information content (AvgIpc) is 2.59. The molecule has 0 unspecified atom stereocenters. The summed E-state index contributed by atoms with van der Waals surface area (Å²) in [6, 6.07) is 4.44. The van der Waals surface area contributed by atoms with Gasteiger partial charge in [-0.1, -0.05) is 11.3 Å². The third-order valence-electron chi connectivity index (χ3n) is 1.79. The summed E-state index contributed by atoms with van der Waals surface area (Å²) in [5.74, 6) is -0.416. The summed E-state index contributed by atoms with van der Waals surface area (Å²) < 4.78 is 0.219. The van der Waals surface area contributed by atoms with Crippen molar-refractivity contribution in [1.29, 1.82) is 5.26 Å². The van der Waals surface area contributed by atoms with Crippen molar-refractivity contribution in [2.75, 3.05) is 0 Å². The largest absolute Gasteiger partial charge is 0.502 e. The number of fused-ring (bicyclic) bond motifs is 1. The summed E-state index contributed by atoms with van der Waals surface area (Å²) in [5, 5.41) is 28.7.